The maximum Gasteiger partial charge on any atom is 0.283 e. The van der Waals surface area contributed by atoms with Crippen molar-refractivity contribution >= 4 is 5.91 Å². The number of rotatable bonds is 4. The summed E-state index contributed by atoms with van der Waals surface area (Å²) in [5.41, 5.74) is 5.30. The zero-order valence-electron chi connectivity index (χ0n) is 10.2. The molecule has 0 aliphatic carbocycles. The van der Waals surface area contributed by atoms with Crippen LogP contribution in [0.25, 0.3) is 11.3 Å². The van der Waals surface area contributed by atoms with Crippen LogP contribution in [0.2, 0.25) is 0 Å². The third-order valence-corrected chi connectivity index (χ3v) is 2.77. The van der Waals surface area contributed by atoms with Crippen molar-refractivity contribution in [1.82, 2.24) is 15.6 Å². The Morgan fingerprint density at radius 1 is 1.39 bits per heavy atom. The summed E-state index contributed by atoms with van der Waals surface area (Å²) in [7, 11) is 0. The SMILES string of the molecule is CCCc1c(-c2ccccc2)n[nH]c1C(=O)NN. The van der Waals surface area contributed by atoms with Gasteiger partial charge in [0.1, 0.15) is 5.69 Å². The van der Waals surface area contributed by atoms with Gasteiger partial charge in [-0.2, -0.15) is 5.10 Å². The van der Waals surface area contributed by atoms with Crippen molar-refractivity contribution in [3.8, 4) is 11.3 Å². The van der Waals surface area contributed by atoms with E-state index in [9.17, 15) is 4.79 Å². The molecule has 0 unspecified atom stereocenters. The number of carbonyl (C=O) groups is 1. The summed E-state index contributed by atoms with van der Waals surface area (Å²) < 4.78 is 0. The number of nitrogens with zero attached hydrogens (tertiary/aromatic N) is 1. The van der Waals surface area contributed by atoms with Crippen molar-refractivity contribution in [1.29, 1.82) is 0 Å². The van der Waals surface area contributed by atoms with E-state index in [2.05, 4.69) is 22.5 Å². The Kier molecular flexibility index (Phi) is 3.74. The second-order valence-electron chi connectivity index (χ2n) is 4.02. The Morgan fingerprint density at radius 2 is 2.11 bits per heavy atom. The molecule has 0 fully saturated rings. The van der Waals surface area contributed by atoms with E-state index in [0.717, 1.165) is 29.7 Å². The molecule has 0 aliphatic rings. The zero-order valence-corrected chi connectivity index (χ0v) is 10.2. The molecule has 94 valence electrons. The molecule has 1 aromatic carbocycles. The van der Waals surface area contributed by atoms with E-state index in [1.807, 2.05) is 30.3 Å². The van der Waals surface area contributed by atoms with Gasteiger partial charge in [0.25, 0.3) is 5.91 Å². The maximum atomic E-state index is 11.6. The van der Waals surface area contributed by atoms with Crippen LogP contribution in [0.1, 0.15) is 29.4 Å². The van der Waals surface area contributed by atoms with Crippen molar-refractivity contribution in [2.75, 3.05) is 0 Å². The van der Waals surface area contributed by atoms with Gasteiger partial charge in [0.05, 0.1) is 5.69 Å². The predicted molar refractivity (Wildman–Crippen MR) is 69.7 cm³/mol. The van der Waals surface area contributed by atoms with Gasteiger partial charge in [0, 0.05) is 11.1 Å². The molecular formula is C13H16N4O. The molecule has 0 aliphatic heterocycles. The number of H-pyrrole nitrogens is 1. The Bertz CT molecular complexity index is 533. The van der Waals surface area contributed by atoms with Crippen LogP contribution in [0.4, 0.5) is 0 Å². The van der Waals surface area contributed by atoms with Gasteiger partial charge in [0.2, 0.25) is 0 Å². The lowest BCUT2D eigenvalue weighted by Crippen LogP contribution is -2.31. The maximum absolute atomic E-state index is 11.6. The van der Waals surface area contributed by atoms with Crippen molar-refractivity contribution in [3.05, 3.63) is 41.6 Å². The minimum absolute atomic E-state index is 0.340. The number of nitrogens with one attached hydrogen (secondary N) is 2. The van der Waals surface area contributed by atoms with E-state index < -0.39 is 0 Å². The van der Waals surface area contributed by atoms with E-state index in [-0.39, 0.29) is 5.91 Å². The normalized spacial score (nSPS) is 10.3. The largest absolute Gasteiger partial charge is 0.289 e. The molecule has 5 nitrogen and oxygen atoms in total. The fourth-order valence-corrected chi connectivity index (χ4v) is 1.95. The summed E-state index contributed by atoms with van der Waals surface area (Å²) in [6.45, 7) is 2.06. The highest BCUT2D eigenvalue weighted by molar-refractivity contribution is 5.95. The topological polar surface area (TPSA) is 83.8 Å². The van der Waals surface area contributed by atoms with E-state index >= 15 is 0 Å². The lowest BCUT2D eigenvalue weighted by molar-refractivity contribution is 0.0947. The molecule has 4 N–H and O–H groups in total. The van der Waals surface area contributed by atoms with Crippen LogP contribution in [0.15, 0.2) is 30.3 Å². The second-order valence-corrected chi connectivity index (χ2v) is 4.02. The van der Waals surface area contributed by atoms with Gasteiger partial charge in [0.15, 0.2) is 0 Å². The number of benzene rings is 1. The number of aromatic nitrogens is 2. The standard InChI is InChI=1S/C13H16N4O/c1-2-6-10-11(9-7-4-3-5-8-9)16-17-12(10)13(18)15-14/h3-5,7-8H,2,6,14H2,1H3,(H,15,18)(H,16,17). The van der Waals surface area contributed by atoms with Crippen molar-refractivity contribution in [2.45, 2.75) is 19.8 Å². The van der Waals surface area contributed by atoms with Gasteiger partial charge in [-0.3, -0.25) is 15.3 Å². The Hall–Kier alpha value is -2.14. The Balaban J connectivity index is 2.48. The molecule has 1 aromatic heterocycles. The van der Waals surface area contributed by atoms with Crippen LogP contribution in [0.5, 0.6) is 0 Å². The molecule has 0 saturated carbocycles. The van der Waals surface area contributed by atoms with Gasteiger partial charge in [-0.1, -0.05) is 43.7 Å². The first kappa shape index (κ1) is 12.3. The average molecular weight is 244 g/mol. The second kappa shape index (κ2) is 5.46. The summed E-state index contributed by atoms with van der Waals surface area (Å²) in [5, 5.41) is 7.00. The molecule has 1 heterocycles. The minimum Gasteiger partial charge on any atom is -0.289 e. The smallest absolute Gasteiger partial charge is 0.283 e. The van der Waals surface area contributed by atoms with Gasteiger partial charge in [-0.15, -0.1) is 0 Å². The Labute approximate surface area is 105 Å². The first-order valence-corrected chi connectivity index (χ1v) is 5.91. The van der Waals surface area contributed by atoms with Crippen LogP contribution in [-0.2, 0) is 6.42 Å². The molecular weight excluding hydrogens is 228 g/mol. The van der Waals surface area contributed by atoms with Crippen LogP contribution in [0.3, 0.4) is 0 Å². The highest BCUT2D eigenvalue weighted by Gasteiger charge is 2.18. The van der Waals surface area contributed by atoms with E-state index in [1.165, 1.54) is 0 Å². The van der Waals surface area contributed by atoms with E-state index in [4.69, 9.17) is 5.84 Å². The van der Waals surface area contributed by atoms with Crippen LogP contribution in [-0.4, -0.2) is 16.1 Å². The molecule has 0 bridgehead atoms. The molecule has 18 heavy (non-hydrogen) atoms. The average Bonchev–Trinajstić information content (AvgIpc) is 2.83. The monoisotopic (exact) mass is 244 g/mol. The number of aromatic amines is 1. The van der Waals surface area contributed by atoms with Crippen LogP contribution in [0, 0.1) is 0 Å². The molecule has 1 amide bonds. The third kappa shape index (κ3) is 2.26. The number of nitrogens with two attached hydrogens (primary N) is 1. The molecule has 0 radical (unpaired) electrons. The fourth-order valence-electron chi connectivity index (χ4n) is 1.95. The highest BCUT2D eigenvalue weighted by atomic mass is 16.2. The number of nitrogen functional groups attached to an aromatic ring is 1. The lowest BCUT2D eigenvalue weighted by Gasteiger charge is -2.03. The number of carbonyl (C=O) groups excluding carboxylic acids is 1. The number of hydrogen-bond donors (Lipinski definition) is 3. The first-order chi connectivity index (χ1) is 8.77. The molecule has 0 atom stereocenters. The molecule has 5 heteroatoms. The van der Waals surface area contributed by atoms with Crippen LogP contribution >= 0.6 is 0 Å². The van der Waals surface area contributed by atoms with Crippen molar-refractivity contribution in [2.24, 2.45) is 5.84 Å². The minimum atomic E-state index is -0.340. The molecule has 2 rings (SSSR count). The van der Waals surface area contributed by atoms with E-state index in [1.54, 1.807) is 0 Å². The lowest BCUT2D eigenvalue weighted by atomic mass is 10.0. The van der Waals surface area contributed by atoms with Gasteiger partial charge in [-0.05, 0) is 6.42 Å². The fraction of sp³-hybridized carbons (Fsp3) is 0.231. The summed E-state index contributed by atoms with van der Waals surface area (Å²) in [6.07, 6.45) is 1.72. The van der Waals surface area contributed by atoms with Gasteiger partial charge >= 0.3 is 0 Å². The quantitative estimate of drug-likeness (QED) is 0.434. The number of hydrazine groups is 1. The Morgan fingerprint density at radius 3 is 2.72 bits per heavy atom. The highest BCUT2D eigenvalue weighted by Crippen LogP contribution is 2.24. The molecule has 2 aromatic rings. The van der Waals surface area contributed by atoms with Gasteiger partial charge in [-0.25, -0.2) is 5.84 Å². The van der Waals surface area contributed by atoms with E-state index in [0.29, 0.717) is 5.69 Å². The summed E-state index contributed by atoms with van der Waals surface area (Å²) in [6, 6.07) is 9.78. The molecule has 0 spiro atoms. The number of hydrogen-bond acceptors (Lipinski definition) is 3. The van der Waals surface area contributed by atoms with Crippen molar-refractivity contribution < 1.29 is 4.79 Å². The molecule has 0 saturated heterocycles. The van der Waals surface area contributed by atoms with Crippen molar-refractivity contribution in [3.63, 3.8) is 0 Å². The first-order valence-electron chi connectivity index (χ1n) is 5.91. The summed E-state index contributed by atoms with van der Waals surface area (Å²) in [4.78, 5) is 11.6. The third-order valence-electron chi connectivity index (χ3n) is 2.77. The predicted octanol–water partition coefficient (Wildman–Crippen LogP) is 1.63. The summed E-state index contributed by atoms with van der Waals surface area (Å²) in [5.74, 6) is 4.83. The zero-order chi connectivity index (χ0) is 13.0. The number of amides is 1. The summed E-state index contributed by atoms with van der Waals surface area (Å²) >= 11 is 0. The van der Waals surface area contributed by atoms with Gasteiger partial charge < -0.3 is 0 Å². The van der Waals surface area contributed by atoms with Crippen LogP contribution < -0.4 is 11.3 Å².